The Kier molecular flexibility index (Phi) is 19.9. The molecule has 0 N–H and O–H groups in total. The average Bonchev–Trinajstić information content (AvgIpc) is 3.61. The SMILES string of the molecule is CC(C)CCC[C@@H](C)C1CCC2[C@@H]3CC=C4C[C@@H](OCCCCCCCCOCC(COCC(F)(F)C(F)(F)C(F)(F)C(F)(F)C(F)(F)C(F)(F)C(F)(F)C(F)F)N(C)C)CC[C@]4(C)C3CC[C@@]21C. The van der Waals surface area contributed by atoms with Crippen LogP contribution in [0.4, 0.5) is 70.2 Å². The summed E-state index contributed by atoms with van der Waals surface area (Å²) in [6.45, 7) is 8.97. The van der Waals surface area contributed by atoms with Crippen LogP contribution in [0.15, 0.2) is 11.6 Å². The normalized spacial score (nSPS) is 28.5. The molecule has 0 amide bonds. The first-order chi connectivity index (χ1) is 31.7. The highest BCUT2D eigenvalue weighted by Gasteiger charge is 2.93. The van der Waals surface area contributed by atoms with Gasteiger partial charge in [0.2, 0.25) is 0 Å². The highest BCUT2D eigenvalue weighted by molar-refractivity contribution is 5.25. The van der Waals surface area contributed by atoms with Crippen molar-refractivity contribution in [1.29, 1.82) is 0 Å². The fourth-order valence-electron chi connectivity index (χ4n) is 12.2. The molecule has 0 radical (unpaired) electrons. The van der Waals surface area contributed by atoms with Gasteiger partial charge in [0.1, 0.15) is 6.61 Å². The van der Waals surface area contributed by atoms with Crippen LogP contribution in [0.3, 0.4) is 0 Å². The van der Waals surface area contributed by atoms with Crippen LogP contribution in [0.1, 0.15) is 144 Å². The van der Waals surface area contributed by atoms with Crippen LogP contribution in [0.2, 0.25) is 0 Å². The van der Waals surface area contributed by atoms with E-state index < -0.39 is 67.1 Å². The van der Waals surface area contributed by atoms with E-state index in [0.29, 0.717) is 18.4 Å². The van der Waals surface area contributed by atoms with Crippen LogP contribution in [-0.4, -0.2) is 112 Å². The molecule has 3 fully saturated rings. The third-order valence-corrected chi connectivity index (χ3v) is 16.7. The molecule has 4 aliphatic rings. The predicted octanol–water partition coefficient (Wildman–Crippen LogP) is 15.4. The predicted molar refractivity (Wildman–Crippen MR) is 230 cm³/mol. The largest absolute Gasteiger partial charge is 0.384 e. The van der Waals surface area contributed by atoms with Gasteiger partial charge in [-0.25, -0.2) is 8.78 Å². The lowest BCUT2D eigenvalue weighted by Gasteiger charge is -2.58. The Morgan fingerprint density at radius 3 is 1.80 bits per heavy atom. The second-order valence-corrected chi connectivity index (χ2v) is 21.9. The molecule has 4 rings (SSSR count). The van der Waals surface area contributed by atoms with Gasteiger partial charge in [0.25, 0.3) is 0 Å². The number of allylic oxidation sites excluding steroid dienone is 1. The van der Waals surface area contributed by atoms with E-state index >= 15 is 0 Å². The number of hydrogen-bond acceptors (Lipinski definition) is 4. The van der Waals surface area contributed by atoms with Gasteiger partial charge >= 0.3 is 47.9 Å². The summed E-state index contributed by atoms with van der Waals surface area (Å²) < 4.78 is 235. The average molecular weight is 1030 g/mol. The molecule has 406 valence electrons. The van der Waals surface area contributed by atoms with Crippen LogP contribution >= 0.6 is 0 Å². The van der Waals surface area contributed by atoms with Crippen molar-refractivity contribution < 1.29 is 84.5 Å². The molecule has 4 unspecified atom stereocenters. The highest BCUT2D eigenvalue weighted by Crippen LogP contribution is 2.68. The van der Waals surface area contributed by atoms with Gasteiger partial charge in [-0.05, 0) is 125 Å². The van der Waals surface area contributed by atoms with Crippen molar-refractivity contribution in [3.63, 3.8) is 0 Å². The minimum absolute atomic E-state index is 0.156. The molecule has 69 heavy (non-hydrogen) atoms. The van der Waals surface area contributed by atoms with Gasteiger partial charge in [0, 0.05) is 13.2 Å². The van der Waals surface area contributed by atoms with E-state index in [1.54, 1.807) is 5.57 Å². The van der Waals surface area contributed by atoms with E-state index in [0.717, 1.165) is 86.9 Å². The van der Waals surface area contributed by atoms with Crippen molar-refractivity contribution >= 4 is 0 Å². The minimum atomic E-state index is -8.43. The fourth-order valence-corrected chi connectivity index (χ4v) is 12.2. The Bertz CT molecular complexity index is 1650. The first kappa shape index (κ1) is 60.0. The lowest BCUT2D eigenvalue weighted by atomic mass is 9.47. The number of hydrogen-bond donors (Lipinski definition) is 0. The number of ether oxygens (including phenoxy) is 3. The summed E-state index contributed by atoms with van der Waals surface area (Å²) in [5, 5.41) is 0. The van der Waals surface area contributed by atoms with Crippen molar-refractivity contribution in [1.82, 2.24) is 4.90 Å². The maximum atomic E-state index is 14.3. The van der Waals surface area contributed by atoms with E-state index in [-0.39, 0.29) is 24.7 Å². The third-order valence-electron chi connectivity index (χ3n) is 16.7. The van der Waals surface area contributed by atoms with Gasteiger partial charge in [-0.2, -0.15) is 61.5 Å². The summed E-state index contributed by atoms with van der Waals surface area (Å²) in [5.74, 6) is -50.1. The smallest absolute Gasteiger partial charge is 0.380 e. The Morgan fingerprint density at radius 1 is 0.638 bits per heavy atom. The number of unbranched alkanes of at least 4 members (excludes halogenated alkanes) is 5. The molecule has 0 bridgehead atoms. The van der Waals surface area contributed by atoms with Crippen molar-refractivity contribution in [3.8, 4) is 0 Å². The maximum Gasteiger partial charge on any atom is 0.384 e. The summed E-state index contributed by atoms with van der Waals surface area (Å²) >= 11 is 0. The molecule has 0 aromatic rings. The van der Waals surface area contributed by atoms with Crippen molar-refractivity contribution in [2.45, 2.75) is 204 Å². The standard InChI is InChI=1S/C49H75F16NO3/c1-31(2)15-14-16-32(3)37-19-20-38-36-18-17-33-27-35(21-23-41(33,4)39(36)22-24-42(37,38)5)69-26-13-11-9-8-10-12-25-67-28-34(66(6)7)29-68-30-43(52,53)45(56,57)47(60,61)49(64,65)48(62,63)46(58,59)44(54,55)40(50)51/h17,31-32,34-40H,8-16,18-30H2,1-7H3/t32-,34?,35+,36+,37?,38?,39?,41+,42-/m1/s1. The zero-order chi connectivity index (χ0) is 52.2. The summed E-state index contributed by atoms with van der Waals surface area (Å²) in [7, 11) is 2.69. The number of alkyl halides is 16. The number of nitrogens with zero attached hydrogens (tertiary/aromatic N) is 1. The van der Waals surface area contributed by atoms with Gasteiger partial charge < -0.3 is 19.1 Å². The van der Waals surface area contributed by atoms with E-state index in [2.05, 4.69) is 45.4 Å². The summed E-state index contributed by atoms with van der Waals surface area (Å²) in [6, 6.07) is -1.04. The van der Waals surface area contributed by atoms with Crippen LogP contribution in [-0.2, 0) is 14.2 Å². The van der Waals surface area contributed by atoms with Crippen LogP contribution < -0.4 is 0 Å². The molecule has 0 spiro atoms. The molecule has 9 atom stereocenters. The summed E-state index contributed by atoms with van der Waals surface area (Å²) in [4.78, 5) is 1.27. The van der Waals surface area contributed by atoms with Gasteiger partial charge in [-0.3, -0.25) is 0 Å². The van der Waals surface area contributed by atoms with Crippen molar-refractivity contribution in [3.05, 3.63) is 11.6 Å². The topological polar surface area (TPSA) is 30.9 Å². The van der Waals surface area contributed by atoms with E-state index in [4.69, 9.17) is 9.47 Å². The molecule has 20 heteroatoms. The van der Waals surface area contributed by atoms with Crippen molar-refractivity contribution in [2.75, 3.05) is 47.1 Å². The molecule has 4 aliphatic carbocycles. The summed E-state index contributed by atoms with van der Waals surface area (Å²) in [5.41, 5.74) is 2.31. The van der Waals surface area contributed by atoms with Crippen LogP contribution in [0.5, 0.6) is 0 Å². The number of halogens is 16. The first-order valence-electron chi connectivity index (χ1n) is 24.7. The maximum absolute atomic E-state index is 14.3. The van der Waals surface area contributed by atoms with Crippen LogP contribution in [0.25, 0.3) is 0 Å². The zero-order valence-corrected chi connectivity index (χ0v) is 41.0. The third kappa shape index (κ3) is 12.0. The molecule has 0 heterocycles. The molecule has 0 saturated heterocycles. The Balaban J connectivity index is 1.12. The Hall–Kier alpha value is -1.54. The quantitative estimate of drug-likeness (QED) is 0.0424. The Morgan fingerprint density at radius 2 is 1.20 bits per heavy atom. The minimum Gasteiger partial charge on any atom is -0.380 e. The van der Waals surface area contributed by atoms with E-state index in [1.165, 1.54) is 70.4 Å². The molecule has 0 aromatic carbocycles. The molecule has 3 saturated carbocycles. The highest BCUT2D eigenvalue weighted by atomic mass is 19.4. The molecular formula is C49H75F16NO3. The van der Waals surface area contributed by atoms with Gasteiger partial charge in [-0.1, -0.05) is 91.2 Å². The lowest BCUT2D eigenvalue weighted by Crippen LogP contribution is -2.74. The number of fused-ring (bicyclic) bond motifs is 5. The lowest BCUT2D eigenvalue weighted by molar-refractivity contribution is -0.448. The fraction of sp³-hybridized carbons (Fsp3) is 0.959. The van der Waals surface area contributed by atoms with E-state index in [1.807, 2.05) is 0 Å². The molecule has 0 aliphatic heterocycles. The van der Waals surface area contributed by atoms with Gasteiger partial charge in [-0.15, -0.1) is 0 Å². The monoisotopic (exact) mass is 1030 g/mol. The van der Waals surface area contributed by atoms with Gasteiger partial charge in [0.05, 0.1) is 25.4 Å². The summed E-state index contributed by atoms with van der Waals surface area (Å²) in [6.07, 6.45) is 15.7. The van der Waals surface area contributed by atoms with Gasteiger partial charge in [0.15, 0.2) is 0 Å². The molecular weight excluding hydrogens is 955 g/mol. The first-order valence-corrected chi connectivity index (χ1v) is 24.7. The number of likely N-dealkylation sites (N-methyl/N-ethyl adjacent to an activating group) is 1. The zero-order valence-electron chi connectivity index (χ0n) is 41.0. The number of rotatable bonds is 29. The van der Waals surface area contributed by atoms with E-state index in [9.17, 15) is 70.2 Å². The Labute approximate surface area is 397 Å². The van der Waals surface area contributed by atoms with Crippen LogP contribution in [0, 0.1) is 46.3 Å². The second kappa shape index (κ2) is 22.9. The van der Waals surface area contributed by atoms with Crippen molar-refractivity contribution in [2.24, 2.45) is 46.3 Å². The second-order valence-electron chi connectivity index (χ2n) is 21.9. The molecule has 4 nitrogen and oxygen atoms in total. The molecule has 0 aromatic heterocycles.